The summed E-state index contributed by atoms with van der Waals surface area (Å²) in [5, 5.41) is 23.2. The number of aliphatic hydroxyl groups is 1. The van der Waals surface area contributed by atoms with Crippen LogP contribution < -0.4 is 5.32 Å². The molecule has 0 atom stereocenters. The molecule has 1 aromatic heterocycles. The molecule has 112 valence electrons. The van der Waals surface area contributed by atoms with Crippen molar-refractivity contribution in [2.24, 2.45) is 0 Å². The third kappa shape index (κ3) is 3.28. The van der Waals surface area contributed by atoms with Crippen molar-refractivity contribution in [3.8, 4) is 0 Å². The SMILES string of the molecule is CCC(O)(CC)CNc1ncnc2cc(C(=O)O)ccc12. The van der Waals surface area contributed by atoms with Crippen LogP contribution in [0.5, 0.6) is 0 Å². The van der Waals surface area contributed by atoms with Crippen LogP contribution in [0.15, 0.2) is 24.5 Å². The maximum absolute atomic E-state index is 11.0. The quantitative estimate of drug-likeness (QED) is 0.755. The lowest BCUT2D eigenvalue weighted by atomic mass is 9.97. The Hall–Kier alpha value is -2.21. The molecule has 21 heavy (non-hydrogen) atoms. The minimum atomic E-state index is -0.989. The second-order valence-corrected chi connectivity index (χ2v) is 5.04. The number of nitrogens with one attached hydrogen (secondary N) is 1. The van der Waals surface area contributed by atoms with Crippen molar-refractivity contribution >= 4 is 22.7 Å². The van der Waals surface area contributed by atoms with Gasteiger partial charge in [0.2, 0.25) is 0 Å². The van der Waals surface area contributed by atoms with Crippen LogP contribution in [0.3, 0.4) is 0 Å². The van der Waals surface area contributed by atoms with Gasteiger partial charge in [0, 0.05) is 11.9 Å². The van der Waals surface area contributed by atoms with E-state index in [0.29, 0.717) is 30.7 Å². The zero-order valence-electron chi connectivity index (χ0n) is 12.1. The van der Waals surface area contributed by atoms with E-state index < -0.39 is 11.6 Å². The molecule has 0 unspecified atom stereocenters. The molecule has 1 heterocycles. The maximum Gasteiger partial charge on any atom is 0.335 e. The molecule has 3 N–H and O–H groups in total. The zero-order valence-corrected chi connectivity index (χ0v) is 12.1. The van der Waals surface area contributed by atoms with Crippen molar-refractivity contribution in [2.75, 3.05) is 11.9 Å². The summed E-state index contributed by atoms with van der Waals surface area (Å²) in [5.74, 6) is -0.395. The largest absolute Gasteiger partial charge is 0.478 e. The molecule has 0 saturated carbocycles. The van der Waals surface area contributed by atoms with Crippen molar-refractivity contribution in [2.45, 2.75) is 32.3 Å². The van der Waals surface area contributed by atoms with Crippen molar-refractivity contribution < 1.29 is 15.0 Å². The number of aromatic nitrogens is 2. The summed E-state index contributed by atoms with van der Waals surface area (Å²) in [6, 6.07) is 4.71. The second kappa shape index (κ2) is 6.05. The average molecular weight is 289 g/mol. The van der Waals surface area contributed by atoms with E-state index in [1.54, 1.807) is 6.07 Å². The van der Waals surface area contributed by atoms with Gasteiger partial charge in [-0.15, -0.1) is 0 Å². The maximum atomic E-state index is 11.0. The number of benzene rings is 1. The molecule has 0 fully saturated rings. The van der Waals surface area contributed by atoms with Crippen LogP contribution in [0.25, 0.3) is 10.9 Å². The first-order chi connectivity index (χ1) is 9.99. The summed E-state index contributed by atoms with van der Waals surface area (Å²) in [4.78, 5) is 19.2. The summed E-state index contributed by atoms with van der Waals surface area (Å²) in [6.45, 7) is 4.25. The summed E-state index contributed by atoms with van der Waals surface area (Å²) >= 11 is 0. The number of aromatic carboxylic acids is 1. The Labute approximate surface area is 122 Å². The van der Waals surface area contributed by atoms with E-state index in [0.717, 1.165) is 5.39 Å². The van der Waals surface area contributed by atoms with Gasteiger partial charge in [0.1, 0.15) is 12.1 Å². The number of nitrogens with zero attached hydrogens (tertiary/aromatic N) is 2. The Kier molecular flexibility index (Phi) is 4.37. The predicted octanol–water partition coefficient (Wildman–Crippen LogP) is 2.29. The van der Waals surface area contributed by atoms with Gasteiger partial charge in [-0.25, -0.2) is 14.8 Å². The molecule has 1 aromatic carbocycles. The third-order valence-corrected chi connectivity index (χ3v) is 3.78. The monoisotopic (exact) mass is 289 g/mol. The van der Waals surface area contributed by atoms with Crippen LogP contribution >= 0.6 is 0 Å². The fourth-order valence-electron chi connectivity index (χ4n) is 2.08. The highest BCUT2D eigenvalue weighted by molar-refractivity contribution is 5.96. The Morgan fingerprint density at radius 2 is 2.00 bits per heavy atom. The first-order valence-electron chi connectivity index (χ1n) is 6.93. The molecular formula is C15H19N3O3. The smallest absolute Gasteiger partial charge is 0.335 e. The van der Waals surface area contributed by atoms with Crippen LogP contribution in [-0.2, 0) is 0 Å². The summed E-state index contributed by atoms with van der Waals surface area (Å²) < 4.78 is 0. The molecule has 2 rings (SSSR count). The Morgan fingerprint density at radius 1 is 1.29 bits per heavy atom. The third-order valence-electron chi connectivity index (χ3n) is 3.78. The second-order valence-electron chi connectivity index (χ2n) is 5.04. The van der Waals surface area contributed by atoms with Gasteiger partial charge in [-0.2, -0.15) is 0 Å². The molecule has 0 amide bonds. The van der Waals surface area contributed by atoms with E-state index in [9.17, 15) is 9.90 Å². The standard InChI is InChI=1S/C15H19N3O3/c1-3-15(21,4-2)8-16-13-11-6-5-10(14(19)20)7-12(11)17-9-18-13/h5-7,9,21H,3-4,8H2,1-2H3,(H,19,20)(H,16,17,18). The molecule has 0 spiro atoms. The topological polar surface area (TPSA) is 95.3 Å². The summed E-state index contributed by atoms with van der Waals surface area (Å²) in [5.41, 5.74) is -0.0344. The van der Waals surface area contributed by atoms with Gasteiger partial charge in [0.15, 0.2) is 0 Å². The van der Waals surface area contributed by atoms with Crippen molar-refractivity contribution in [3.63, 3.8) is 0 Å². The summed E-state index contributed by atoms with van der Waals surface area (Å²) in [7, 11) is 0. The Balaban J connectivity index is 2.31. The molecule has 0 bridgehead atoms. The number of anilines is 1. The number of carboxylic acid groups (broad SMARTS) is 1. The van der Waals surface area contributed by atoms with Gasteiger partial charge < -0.3 is 15.5 Å². The number of hydrogen-bond donors (Lipinski definition) is 3. The van der Waals surface area contributed by atoms with Gasteiger partial charge in [-0.3, -0.25) is 0 Å². The van der Waals surface area contributed by atoms with Gasteiger partial charge >= 0.3 is 5.97 Å². The minimum Gasteiger partial charge on any atom is -0.478 e. The number of carbonyl (C=O) groups is 1. The highest BCUT2D eigenvalue weighted by Gasteiger charge is 2.22. The average Bonchev–Trinajstić information content (AvgIpc) is 2.51. The minimum absolute atomic E-state index is 0.186. The van der Waals surface area contributed by atoms with Gasteiger partial charge in [-0.05, 0) is 31.0 Å². The van der Waals surface area contributed by atoms with Crippen LogP contribution in [0, 0.1) is 0 Å². The highest BCUT2D eigenvalue weighted by atomic mass is 16.4. The Bertz CT molecular complexity index is 654. The van der Waals surface area contributed by atoms with Crippen LogP contribution in [0.1, 0.15) is 37.0 Å². The first kappa shape index (κ1) is 15.2. The molecular weight excluding hydrogens is 270 g/mol. The molecule has 0 aliphatic rings. The summed E-state index contributed by atoms with van der Waals surface area (Å²) in [6.07, 6.45) is 2.67. The zero-order chi connectivity index (χ0) is 15.5. The van der Waals surface area contributed by atoms with Gasteiger partial charge in [0.05, 0.1) is 16.7 Å². The fourth-order valence-corrected chi connectivity index (χ4v) is 2.08. The van der Waals surface area contributed by atoms with E-state index in [1.165, 1.54) is 18.5 Å². The predicted molar refractivity (Wildman–Crippen MR) is 80.5 cm³/mol. The lowest BCUT2D eigenvalue weighted by Gasteiger charge is -2.25. The molecule has 2 aromatic rings. The molecule has 0 radical (unpaired) electrons. The van der Waals surface area contributed by atoms with E-state index in [4.69, 9.17) is 5.11 Å². The van der Waals surface area contributed by atoms with Crippen molar-refractivity contribution in [3.05, 3.63) is 30.1 Å². The number of carboxylic acids is 1. The van der Waals surface area contributed by atoms with Crippen molar-refractivity contribution in [1.29, 1.82) is 0 Å². The molecule has 0 aliphatic heterocycles. The van der Waals surface area contributed by atoms with E-state index in [-0.39, 0.29) is 5.56 Å². The molecule has 6 heteroatoms. The van der Waals surface area contributed by atoms with Gasteiger partial charge in [-0.1, -0.05) is 13.8 Å². The molecule has 0 aliphatic carbocycles. The highest BCUT2D eigenvalue weighted by Crippen LogP contribution is 2.22. The van der Waals surface area contributed by atoms with E-state index in [1.807, 2.05) is 13.8 Å². The lowest BCUT2D eigenvalue weighted by molar-refractivity contribution is 0.0456. The Morgan fingerprint density at radius 3 is 2.62 bits per heavy atom. The number of fused-ring (bicyclic) bond motifs is 1. The molecule has 6 nitrogen and oxygen atoms in total. The van der Waals surface area contributed by atoms with Gasteiger partial charge in [0.25, 0.3) is 0 Å². The normalized spacial score (nSPS) is 11.6. The first-order valence-corrected chi connectivity index (χ1v) is 6.93. The van der Waals surface area contributed by atoms with Crippen LogP contribution in [-0.4, -0.2) is 38.3 Å². The molecule has 0 saturated heterocycles. The van der Waals surface area contributed by atoms with Crippen molar-refractivity contribution in [1.82, 2.24) is 9.97 Å². The lowest BCUT2D eigenvalue weighted by Crippen LogP contribution is -2.35. The fraction of sp³-hybridized carbons (Fsp3) is 0.400. The van der Waals surface area contributed by atoms with E-state index >= 15 is 0 Å². The van der Waals surface area contributed by atoms with Crippen LogP contribution in [0.4, 0.5) is 5.82 Å². The number of rotatable bonds is 6. The van der Waals surface area contributed by atoms with Crippen LogP contribution in [0.2, 0.25) is 0 Å². The number of hydrogen-bond acceptors (Lipinski definition) is 5. The van der Waals surface area contributed by atoms with E-state index in [2.05, 4.69) is 15.3 Å².